The Labute approximate surface area is 157 Å². The van der Waals surface area contributed by atoms with Crippen molar-refractivity contribution in [3.63, 3.8) is 0 Å². The summed E-state index contributed by atoms with van der Waals surface area (Å²) in [6.45, 7) is 0. The van der Waals surface area contributed by atoms with Crippen LogP contribution in [0.1, 0.15) is 15.9 Å². The van der Waals surface area contributed by atoms with Crippen LogP contribution in [0.25, 0.3) is 11.3 Å². The Balaban J connectivity index is 1.81. The topological polar surface area (TPSA) is 81.2 Å². The Hall–Kier alpha value is -3.54. The van der Waals surface area contributed by atoms with Crippen LogP contribution in [0, 0.1) is 0 Å². The van der Waals surface area contributed by atoms with E-state index in [-0.39, 0.29) is 5.97 Å². The zero-order chi connectivity index (χ0) is 19.1. The number of ether oxygens (including phenoxy) is 1. The highest BCUT2D eigenvalue weighted by molar-refractivity contribution is 5.80. The van der Waals surface area contributed by atoms with Crippen molar-refractivity contribution in [2.75, 3.05) is 12.4 Å². The summed E-state index contributed by atoms with van der Waals surface area (Å²) in [6.07, 6.45) is 2.70. The van der Waals surface area contributed by atoms with Gasteiger partial charge in [-0.05, 0) is 5.56 Å². The predicted octanol–water partition coefficient (Wildman–Crippen LogP) is 3.15. The zero-order valence-electron chi connectivity index (χ0n) is 14.8. The molecule has 1 heterocycles. The molecule has 0 radical (unpaired) electrons. The Morgan fingerprint density at radius 3 is 2.52 bits per heavy atom. The predicted molar refractivity (Wildman–Crippen MR) is 102 cm³/mol. The summed E-state index contributed by atoms with van der Waals surface area (Å²) in [5.74, 6) is 0.153. The van der Waals surface area contributed by atoms with E-state index in [1.165, 1.54) is 13.4 Å². The largest absolute Gasteiger partial charge is 0.467 e. The highest BCUT2D eigenvalue weighted by Gasteiger charge is 2.20. The molecule has 0 spiro atoms. The summed E-state index contributed by atoms with van der Waals surface area (Å²) in [7, 11) is 1.36. The lowest BCUT2D eigenvalue weighted by Crippen LogP contribution is -2.33. The van der Waals surface area contributed by atoms with E-state index in [9.17, 15) is 9.59 Å². The number of nitrogens with one attached hydrogen (secondary N) is 1. The molecule has 0 aliphatic rings. The SMILES string of the molecule is COC(=O)[C@H](Cc1ccccc1)Nc1cc(-c2ccc(C=O)cc2)ncn1. The van der Waals surface area contributed by atoms with Gasteiger partial charge in [0.1, 0.15) is 24.5 Å². The molecule has 2 aromatic carbocycles. The molecule has 136 valence electrons. The molecule has 0 bridgehead atoms. The van der Waals surface area contributed by atoms with Gasteiger partial charge in [0.25, 0.3) is 0 Å². The molecule has 0 saturated heterocycles. The van der Waals surface area contributed by atoms with Crippen molar-refractivity contribution in [3.05, 3.63) is 78.1 Å². The normalized spacial score (nSPS) is 11.4. The third-order valence-electron chi connectivity index (χ3n) is 4.10. The maximum absolute atomic E-state index is 12.2. The lowest BCUT2D eigenvalue weighted by molar-refractivity contribution is -0.141. The Kier molecular flexibility index (Phi) is 5.89. The first-order valence-electron chi connectivity index (χ1n) is 8.45. The fraction of sp³-hybridized carbons (Fsp3) is 0.143. The number of benzene rings is 2. The quantitative estimate of drug-likeness (QED) is 0.514. The number of rotatable bonds is 7. The molecule has 0 unspecified atom stereocenters. The molecule has 1 atom stereocenters. The van der Waals surface area contributed by atoms with Crippen LogP contribution in [0.4, 0.5) is 5.82 Å². The number of carbonyl (C=O) groups is 2. The molecule has 3 rings (SSSR count). The third-order valence-corrected chi connectivity index (χ3v) is 4.10. The molecular formula is C21H19N3O3. The average Bonchev–Trinajstić information content (AvgIpc) is 2.73. The van der Waals surface area contributed by atoms with Crippen LogP contribution in [0.5, 0.6) is 0 Å². The second-order valence-corrected chi connectivity index (χ2v) is 5.94. The van der Waals surface area contributed by atoms with Gasteiger partial charge in [-0.25, -0.2) is 14.8 Å². The second kappa shape index (κ2) is 8.71. The van der Waals surface area contributed by atoms with Gasteiger partial charge < -0.3 is 10.1 Å². The van der Waals surface area contributed by atoms with E-state index in [2.05, 4.69) is 15.3 Å². The van der Waals surface area contributed by atoms with Crippen LogP contribution >= 0.6 is 0 Å². The molecule has 1 aromatic heterocycles. The van der Waals surface area contributed by atoms with Gasteiger partial charge in [-0.3, -0.25) is 4.79 Å². The molecular weight excluding hydrogens is 342 g/mol. The maximum atomic E-state index is 12.2. The first-order chi connectivity index (χ1) is 13.2. The minimum atomic E-state index is -0.572. The minimum absolute atomic E-state index is 0.366. The molecule has 27 heavy (non-hydrogen) atoms. The van der Waals surface area contributed by atoms with Crippen LogP contribution < -0.4 is 5.32 Å². The fourth-order valence-corrected chi connectivity index (χ4v) is 2.69. The lowest BCUT2D eigenvalue weighted by Gasteiger charge is -2.17. The van der Waals surface area contributed by atoms with E-state index in [4.69, 9.17) is 4.74 Å². The lowest BCUT2D eigenvalue weighted by atomic mass is 10.1. The zero-order valence-corrected chi connectivity index (χ0v) is 14.8. The number of anilines is 1. The van der Waals surface area contributed by atoms with Crippen LogP contribution in [0.2, 0.25) is 0 Å². The highest BCUT2D eigenvalue weighted by Crippen LogP contribution is 2.20. The van der Waals surface area contributed by atoms with E-state index < -0.39 is 6.04 Å². The van der Waals surface area contributed by atoms with E-state index >= 15 is 0 Å². The molecule has 0 fully saturated rings. The highest BCUT2D eigenvalue weighted by atomic mass is 16.5. The van der Waals surface area contributed by atoms with Crippen molar-refractivity contribution in [3.8, 4) is 11.3 Å². The van der Waals surface area contributed by atoms with Crippen molar-refractivity contribution in [1.29, 1.82) is 0 Å². The maximum Gasteiger partial charge on any atom is 0.328 e. The standard InChI is InChI=1S/C21H19N3O3/c1-27-21(26)19(11-15-5-3-2-4-6-15)24-20-12-18(22-14-23-20)17-9-7-16(13-25)8-10-17/h2-10,12-14,19H,11H2,1H3,(H,22,23,24)/t19-/m0/s1. The van der Waals surface area contributed by atoms with Crippen molar-refractivity contribution in [2.45, 2.75) is 12.5 Å². The summed E-state index contributed by atoms with van der Waals surface area (Å²) in [6, 6.07) is 18.0. The summed E-state index contributed by atoms with van der Waals surface area (Å²) in [4.78, 5) is 31.5. The first-order valence-corrected chi connectivity index (χ1v) is 8.45. The number of methoxy groups -OCH3 is 1. The van der Waals surface area contributed by atoms with Crippen molar-refractivity contribution >= 4 is 18.1 Å². The van der Waals surface area contributed by atoms with E-state index in [0.29, 0.717) is 23.5 Å². The number of aromatic nitrogens is 2. The molecule has 3 aromatic rings. The van der Waals surface area contributed by atoms with Crippen molar-refractivity contribution in [2.24, 2.45) is 0 Å². The molecule has 6 nitrogen and oxygen atoms in total. The summed E-state index contributed by atoms with van der Waals surface area (Å²) >= 11 is 0. The minimum Gasteiger partial charge on any atom is -0.467 e. The van der Waals surface area contributed by atoms with E-state index in [1.807, 2.05) is 42.5 Å². The Morgan fingerprint density at radius 1 is 1.11 bits per heavy atom. The first kappa shape index (κ1) is 18.3. The van der Waals surface area contributed by atoms with Gasteiger partial charge >= 0.3 is 5.97 Å². The molecule has 0 aliphatic carbocycles. The van der Waals surface area contributed by atoms with Gasteiger partial charge in [0.15, 0.2) is 0 Å². The van der Waals surface area contributed by atoms with E-state index in [0.717, 1.165) is 17.4 Å². The summed E-state index contributed by atoms with van der Waals surface area (Å²) in [5, 5.41) is 3.13. The molecule has 1 N–H and O–H groups in total. The second-order valence-electron chi connectivity index (χ2n) is 5.94. The fourth-order valence-electron chi connectivity index (χ4n) is 2.69. The number of carbonyl (C=O) groups excluding carboxylic acids is 2. The van der Waals surface area contributed by atoms with Crippen LogP contribution in [0.15, 0.2) is 67.0 Å². The number of nitrogens with zero attached hydrogens (tertiary/aromatic N) is 2. The van der Waals surface area contributed by atoms with Gasteiger partial charge in [0.2, 0.25) is 0 Å². The monoisotopic (exact) mass is 361 g/mol. The Bertz CT molecular complexity index is 911. The molecule has 0 aliphatic heterocycles. The van der Waals surface area contributed by atoms with Crippen LogP contribution in [-0.2, 0) is 16.0 Å². The average molecular weight is 361 g/mol. The van der Waals surface area contributed by atoms with Crippen molar-refractivity contribution < 1.29 is 14.3 Å². The van der Waals surface area contributed by atoms with Gasteiger partial charge in [-0.1, -0.05) is 54.6 Å². The van der Waals surface area contributed by atoms with Gasteiger partial charge in [0.05, 0.1) is 12.8 Å². The van der Waals surface area contributed by atoms with Gasteiger partial charge in [-0.2, -0.15) is 0 Å². The van der Waals surface area contributed by atoms with Crippen molar-refractivity contribution in [1.82, 2.24) is 9.97 Å². The smallest absolute Gasteiger partial charge is 0.328 e. The van der Waals surface area contributed by atoms with Gasteiger partial charge in [0, 0.05) is 23.6 Å². The Morgan fingerprint density at radius 2 is 1.85 bits per heavy atom. The number of hydrogen-bond acceptors (Lipinski definition) is 6. The number of hydrogen-bond donors (Lipinski definition) is 1. The van der Waals surface area contributed by atoms with Crippen LogP contribution in [-0.4, -0.2) is 35.4 Å². The number of aldehydes is 1. The summed E-state index contributed by atoms with van der Waals surface area (Å²) in [5.41, 5.74) is 3.15. The molecule has 0 amide bonds. The molecule has 0 saturated carbocycles. The van der Waals surface area contributed by atoms with Gasteiger partial charge in [-0.15, -0.1) is 0 Å². The third kappa shape index (κ3) is 4.76. The van der Waals surface area contributed by atoms with E-state index in [1.54, 1.807) is 18.2 Å². The van der Waals surface area contributed by atoms with Crippen LogP contribution in [0.3, 0.4) is 0 Å². The summed E-state index contributed by atoms with van der Waals surface area (Å²) < 4.78 is 4.92. The molecule has 6 heteroatoms. The number of esters is 1.